The van der Waals surface area contributed by atoms with Crippen molar-refractivity contribution in [2.75, 3.05) is 11.9 Å². The Hall–Kier alpha value is -4.59. The minimum Gasteiger partial charge on any atom is -0.449 e. The molecule has 11 nitrogen and oxygen atoms in total. The SMILES string of the molecule is CC(C)C[C@H](NC(=O)OC(C)(C)C)C(=O)Nc1ccc(COC(=O)N[C@@H](CCc2ccccc2)C(=O)OCC#N)cc1. The molecular formula is C31H40N4O7. The van der Waals surface area contributed by atoms with Crippen molar-refractivity contribution in [1.29, 1.82) is 5.26 Å². The summed E-state index contributed by atoms with van der Waals surface area (Å²) in [5.41, 5.74) is 1.42. The molecule has 42 heavy (non-hydrogen) atoms. The van der Waals surface area contributed by atoms with Gasteiger partial charge in [-0.05, 0) is 69.2 Å². The van der Waals surface area contributed by atoms with Crippen molar-refractivity contribution in [2.45, 2.75) is 78.2 Å². The highest BCUT2D eigenvalue weighted by Crippen LogP contribution is 2.15. The monoisotopic (exact) mass is 580 g/mol. The largest absolute Gasteiger partial charge is 0.449 e. The van der Waals surface area contributed by atoms with Crippen LogP contribution in [0.3, 0.4) is 0 Å². The van der Waals surface area contributed by atoms with Gasteiger partial charge in [0.2, 0.25) is 5.91 Å². The highest BCUT2D eigenvalue weighted by Gasteiger charge is 2.26. The molecule has 0 aromatic heterocycles. The summed E-state index contributed by atoms with van der Waals surface area (Å²) in [5, 5.41) is 16.7. The third-order valence-corrected chi connectivity index (χ3v) is 5.73. The van der Waals surface area contributed by atoms with Crippen LogP contribution in [0, 0.1) is 17.2 Å². The topological polar surface area (TPSA) is 156 Å². The van der Waals surface area contributed by atoms with E-state index in [1.807, 2.05) is 44.2 Å². The number of alkyl carbamates (subject to hydrolysis) is 2. The summed E-state index contributed by atoms with van der Waals surface area (Å²) in [5.74, 6) is -0.961. The van der Waals surface area contributed by atoms with Crippen molar-refractivity contribution in [3.63, 3.8) is 0 Å². The molecule has 0 aliphatic carbocycles. The lowest BCUT2D eigenvalue weighted by atomic mass is 10.0. The Bertz CT molecular complexity index is 1220. The number of ether oxygens (including phenoxy) is 3. The van der Waals surface area contributed by atoms with Gasteiger partial charge < -0.3 is 30.2 Å². The molecule has 2 atom stereocenters. The Morgan fingerprint density at radius 2 is 1.50 bits per heavy atom. The molecule has 0 bridgehead atoms. The van der Waals surface area contributed by atoms with Crippen molar-refractivity contribution < 1.29 is 33.4 Å². The van der Waals surface area contributed by atoms with E-state index in [0.717, 1.165) is 5.56 Å². The summed E-state index contributed by atoms with van der Waals surface area (Å²) in [6.45, 7) is 8.62. The molecule has 226 valence electrons. The minimum absolute atomic E-state index is 0.0884. The van der Waals surface area contributed by atoms with Crippen molar-refractivity contribution >= 4 is 29.8 Å². The number of nitriles is 1. The third kappa shape index (κ3) is 13.2. The summed E-state index contributed by atoms with van der Waals surface area (Å²) in [4.78, 5) is 50.0. The Morgan fingerprint density at radius 1 is 0.857 bits per heavy atom. The maximum absolute atomic E-state index is 12.9. The molecule has 11 heteroatoms. The smallest absolute Gasteiger partial charge is 0.408 e. The van der Waals surface area contributed by atoms with E-state index in [-0.39, 0.29) is 24.9 Å². The normalized spacial score (nSPS) is 12.3. The summed E-state index contributed by atoms with van der Waals surface area (Å²) in [6, 6.07) is 16.1. The van der Waals surface area contributed by atoms with Crippen LogP contribution in [0.5, 0.6) is 0 Å². The Labute approximate surface area is 246 Å². The highest BCUT2D eigenvalue weighted by molar-refractivity contribution is 5.96. The van der Waals surface area contributed by atoms with Crippen LogP contribution in [0.15, 0.2) is 54.6 Å². The molecule has 0 fully saturated rings. The molecule has 0 saturated carbocycles. The number of hydrogen-bond acceptors (Lipinski definition) is 8. The molecule has 0 heterocycles. The first-order valence-corrected chi connectivity index (χ1v) is 13.8. The van der Waals surface area contributed by atoms with Gasteiger partial charge in [0.25, 0.3) is 0 Å². The van der Waals surface area contributed by atoms with Gasteiger partial charge in [0, 0.05) is 5.69 Å². The van der Waals surface area contributed by atoms with Gasteiger partial charge in [0.1, 0.15) is 30.4 Å². The molecule has 3 amide bonds. The lowest BCUT2D eigenvalue weighted by Crippen LogP contribution is -2.46. The number of nitrogens with one attached hydrogen (secondary N) is 3. The van der Waals surface area contributed by atoms with Crippen LogP contribution in [0.1, 0.15) is 58.6 Å². The summed E-state index contributed by atoms with van der Waals surface area (Å²) >= 11 is 0. The lowest BCUT2D eigenvalue weighted by Gasteiger charge is -2.24. The Balaban J connectivity index is 1.92. The number of hydrogen-bond donors (Lipinski definition) is 3. The summed E-state index contributed by atoms with van der Waals surface area (Å²) in [7, 11) is 0. The fourth-order valence-electron chi connectivity index (χ4n) is 3.81. The summed E-state index contributed by atoms with van der Waals surface area (Å²) < 4.78 is 15.5. The maximum atomic E-state index is 12.9. The van der Waals surface area contributed by atoms with Crippen molar-refractivity contribution in [3.8, 4) is 6.07 Å². The Kier molecular flexibility index (Phi) is 13.3. The molecule has 0 unspecified atom stereocenters. The van der Waals surface area contributed by atoms with Gasteiger partial charge in [-0.25, -0.2) is 14.4 Å². The second-order valence-corrected chi connectivity index (χ2v) is 11.1. The third-order valence-electron chi connectivity index (χ3n) is 5.73. The number of esters is 1. The number of rotatable bonds is 13. The van der Waals surface area contributed by atoms with Gasteiger partial charge in [-0.1, -0.05) is 56.3 Å². The number of carbonyl (C=O) groups is 4. The number of amides is 3. The molecule has 0 radical (unpaired) electrons. The van der Waals surface area contributed by atoms with E-state index in [1.165, 1.54) is 0 Å². The molecule has 0 aliphatic rings. The zero-order valence-electron chi connectivity index (χ0n) is 24.8. The van der Waals surface area contributed by atoms with E-state index in [1.54, 1.807) is 51.1 Å². The highest BCUT2D eigenvalue weighted by atomic mass is 16.6. The van der Waals surface area contributed by atoms with E-state index >= 15 is 0 Å². The molecule has 2 aromatic rings. The minimum atomic E-state index is -0.989. The number of benzene rings is 2. The van der Waals surface area contributed by atoms with Gasteiger partial charge in [0.05, 0.1) is 0 Å². The first-order valence-electron chi connectivity index (χ1n) is 13.8. The summed E-state index contributed by atoms with van der Waals surface area (Å²) in [6.07, 6.45) is -0.300. The quantitative estimate of drug-likeness (QED) is 0.224. The van der Waals surface area contributed by atoms with Crippen LogP contribution in [-0.2, 0) is 36.8 Å². The number of anilines is 1. The van der Waals surface area contributed by atoms with Gasteiger partial charge in [-0.3, -0.25) is 4.79 Å². The van der Waals surface area contributed by atoms with E-state index in [0.29, 0.717) is 24.1 Å². The number of nitrogens with zero attached hydrogens (tertiary/aromatic N) is 1. The van der Waals surface area contributed by atoms with E-state index < -0.39 is 42.4 Å². The van der Waals surface area contributed by atoms with Crippen LogP contribution in [-0.4, -0.2) is 48.4 Å². The second kappa shape index (κ2) is 16.6. The molecule has 0 spiro atoms. The fourth-order valence-corrected chi connectivity index (χ4v) is 3.81. The molecule has 2 aromatic carbocycles. The van der Waals surface area contributed by atoms with E-state index in [9.17, 15) is 19.2 Å². The Morgan fingerprint density at radius 3 is 2.10 bits per heavy atom. The second-order valence-electron chi connectivity index (χ2n) is 11.1. The maximum Gasteiger partial charge on any atom is 0.408 e. The van der Waals surface area contributed by atoms with Crippen molar-refractivity contribution in [2.24, 2.45) is 5.92 Å². The molecular weight excluding hydrogens is 540 g/mol. The zero-order chi connectivity index (χ0) is 31.1. The van der Waals surface area contributed by atoms with Gasteiger partial charge in [-0.15, -0.1) is 0 Å². The number of carbonyl (C=O) groups excluding carboxylic acids is 4. The van der Waals surface area contributed by atoms with Gasteiger partial charge >= 0.3 is 18.2 Å². The van der Waals surface area contributed by atoms with E-state index in [2.05, 4.69) is 16.0 Å². The van der Waals surface area contributed by atoms with Crippen molar-refractivity contribution in [3.05, 3.63) is 65.7 Å². The van der Waals surface area contributed by atoms with Crippen LogP contribution in [0.4, 0.5) is 15.3 Å². The van der Waals surface area contributed by atoms with Crippen LogP contribution in [0.2, 0.25) is 0 Å². The molecule has 2 rings (SSSR count). The lowest BCUT2D eigenvalue weighted by molar-refractivity contribution is -0.144. The zero-order valence-corrected chi connectivity index (χ0v) is 24.8. The average Bonchev–Trinajstić information content (AvgIpc) is 2.92. The predicted molar refractivity (Wildman–Crippen MR) is 156 cm³/mol. The van der Waals surface area contributed by atoms with Gasteiger partial charge in [-0.2, -0.15) is 5.26 Å². The van der Waals surface area contributed by atoms with Gasteiger partial charge in [0.15, 0.2) is 6.61 Å². The average molecular weight is 581 g/mol. The standard InChI is InChI=1S/C31H40N4O7/c1-21(2)19-26(35-30(39)42-31(3,4)5)27(36)33-24-14-11-23(12-15-24)20-41-29(38)34-25(28(37)40-18-17-32)16-13-22-9-7-6-8-10-22/h6-12,14-15,21,25-26H,13,16,18-20H2,1-5H3,(H,33,36)(H,34,38)(H,35,39)/t25-,26-/m0/s1. The first kappa shape index (κ1) is 33.6. The molecule has 3 N–H and O–H groups in total. The molecule has 0 saturated heterocycles. The van der Waals surface area contributed by atoms with Crippen LogP contribution >= 0.6 is 0 Å². The fraction of sp³-hybridized carbons (Fsp3) is 0.452. The van der Waals surface area contributed by atoms with Crippen LogP contribution in [0.25, 0.3) is 0 Å². The predicted octanol–water partition coefficient (Wildman–Crippen LogP) is 4.86. The first-order chi connectivity index (χ1) is 19.9. The number of aryl methyl sites for hydroxylation is 1. The van der Waals surface area contributed by atoms with E-state index in [4.69, 9.17) is 19.5 Å². The van der Waals surface area contributed by atoms with Crippen LogP contribution < -0.4 is 16.0 Å². The van der Waals surface area contributed by atoms with Crippen molar-refractivity contribution in [1.82, 2.24) is 10.6 Å². The molecule has 0 aliphatic heterocycles.